The molecule has 1 unspecified atom stereocenters. The highest BCUT2D eigenvalue weighted by atomic mass is 16.5. The van der Waals surface area contributed by atoms with Crippen LogP contribution in [0.25, 0.3) is 0 Å². The zero-order valence-electron chi connectivity index (χ0n) is 5.57. The first-order valence-electron chi connectivity index (χ1n) is 2.98. The maximum atomic E-state index is 10.4. The molecule has 1 rings (SSSR count). The van der Waals surface area contributed by atoms with Crippen molar-refractivity contribution in [2.75, 3.05) is 0 Å². The van der Waals surface area contributed by atoms with Gasteiger partial charge in [-0.05, 0) is 19.1 Å². The molecule has 0 fully saturated rings. The first kappa shape index (κ1) is 7.02. The van der Waals surface area contributed by atoms with E-state index in [-0.39, 0.29) is 5.97 Å². The van der Waals surface area contributed by atoms with Crippen LogP contribution in [0, 0.1) is 0 Å². The van der Waals surface area contributed by atoms with Crippen molar-refractivity contribution in [3.05, 3.63) is 24.0 Å². The molecule has 54 valence electrons. The van der Waals surface area contributed by atoms with Crippen molar-refractivity contribution in [3.63, 3.8) is 0 Å². The Balaban J connectivity index is 2.62. The van der Waals surface area contributed by atoms with Crippen molar-refractivity contribution < 1.29 is 14.6 Å². The van der Waals surface area contributed by atoms with Crippen LogP contribution in [-0.2, 0) is 9.53 Å². The summed E-state index contributed by atoms with van der Waals surface area (Å²) >= 11 is 0. The average Bonchev–Trinajstić information content (AvgIpc) is 2.13. The summed E-state index contributed by atoms with van der Waals surface area (Å²) in [6.45, 7) is 1.59. The second kappa shape index (κ2) is 2.66. The number of ether oxygens (including phenoxy) is 1. The highest BCUT2D eigenvalue weighted by Crippen LogP contribution is 2.09. The van der Waals surface area contributed by atoms with E-state index >= 15 is 0 Å². The fourth-order valence-corrected chi connectivity index (χ4v) is 0.662. The van der Waals surface area contributed by atoms with Crippen LogP contribution in [0.15, 0.2) is 24.0 Å². The third-order valence-electron chi connectivity index (χ3n) is 1.01. The van der Waals surface area contributed by atoms with Crippen LogP contribution < -0.4 is 0 Å². The van der Waals surface area contributed by atoms with Crippen LogP contribution in [-0.4, -0.2) is 17.2 Å². The number of aliphatic hydroxyl groups is 1. The fraction of sp³-hybridized carbons (Fsp3) is 0.286. The molecule has 1 N–H and O–H groups in total. The average molecular weight is 140 g/mol. The Bertz CT molecular complexity index is 201. The molecule has 1 aliphatic heterocycles. The van der Waals surface area contributed by atoms with Gasteiger partial charge >= 0.3 is 5.97 Å². The predicted octanol–water partition coefficient (Wildman–Crippen LogP) is 0.364. The molecule has 1 heterocycles. The minimum atomic E-state index is -0.578. The van der Waals surface area contributed by atoms with Gasteiger partial charge in [-0.2, -0.15) is 0 Å². The zero-order valence-corrected chi connectivity index (χ0v) is 5.57. The number of aliphatic hydroxyl groups excluding tert-OH is 1. The molecule has 1 atom stereocenters. The SMILES string of the molecule is CC(O)/C=C1\C=CC(=O)O1. The summed E-state index contributed by atoms with van der Waals surface area (Å²) in [5.41, 5.74) is 0. The summed E-state index contributed by atoms with van der Waals surface area (Å²) in [6.07, 6.45) is 3.72. The van der Waals surface area contributed by atoms with Crippen LogP contribution in [0.5, 0.6) is 0 Å². The summed E-state index contributed by atoms with van der Waals surface area (Å²) in [5.74, 6) is 0.0342. The minimum Gasteiger partial charge on any atom is -0.424 e. The number of cyclic esters (lactones) is 1. The van der Waals surface area contributed by atoms with Gasteiger partial charge in [0.25, 0.3) is 0 Å². The third-order valence-corrected chi connectivity index (χ3v) is 1.01. The van der Waals surface area contributed by atoms with Crippen LogP contribution >= 0.6 is 0 Å². The molecule has 0 saturated heterocycles. The van der Waals surface area contributed by atoms with Crippen LogP contribution in [0.4, 0.5) is 0 Å². The Labute approximate surface area is 58.6 Å². The lowest BCUT2D eigenvalue weighted by atomic mass is 10.3. The van der Waals surface area contributed by atoms with E-state index in [2.05, 4.69) is 4.74 Å². The molecule has 0 saturated carbocycles. The van der Waals surface area contributed by atoms with Crippen molar-refractivity contribution in [1.29, 1.82) is 0 Å². The van der Waals surface area contributed by atoms with Crippen molar-refractivity contribution in [3.8, 4) is 0 Å². The van der Waals surface area contributed by atoms with Crippen molar-refractivity contribution in [1.82, 2.24) is 0 Å². The largest absolute Gasteiger partial charge is 0.424 e. The van der Waals surface area contributed by atoms with Gasteiger partial charge in [-0.1, -0.05) is 0 Å². The summed E-state index contributed by atoms with van der Waals surface area (Å²) in [5, 5.41) is 8.80. The number of hydrogen-bond acceptors (Lipinski definition) is 3. The molecule has 0 aromatic rings. The Hall–Kier alpha value is -1.09. The lowest BCUT2D eigenvalue weighted by Crippen LogP contribution is -1.97. The second-order valence-electron chi connectivity index (χ2n) is 2.06. The molecule has 0 aliphatic carbocycles. The van der Waals surface area contributed by atoms with E-state index in [0.717, 1.165) is 0 Å². The second-order valence-corrected chi connectivity index (χ2v) is 2.06. The van der Waals surface area contributed by atoms with Crippen LogP contribution in [0.2, 0.25) is 0 Å². The Morgan fingerprint density at radius 3 is 2.80 bits per heavy atom. The van der Waals surface area contributed by atoms with Crippen molar-refractivity contribution >= 4 is 5.97 Å². The van der Waals surface area contributed by atoms with Gasteiger partial charge in [0.2, 0.25) is 0 Å². The molecule has 1 aliphatic rings. The van der Waals surface area contributed by atoms with Crippen LogP contribution in [0.1, 0.15) is 6.92 Å². The molecule has 10 heavy (non-hydrogen) atoms. The Kier molecular flexibility index (Phi) is 1.87. The Morgan fingerprint density at radius 1 is 1.70 bits per heavy atom. The van der Waals surface area contributed by atoms with Crippen molar-refractivity contribution in [2.24, 2.45) is 0 Å². The summed E-state index contributed by atoms with van der Waals surface area (Å²) in [4.78, 5) is 10.4. The Morgan fingerprint density at radius 2 is 2.40 bits per heavy atom. The van der Waals surface area contributed by atoms with Gasteiger partial charge in [0.1, 0.15) is 5.76 Å². The first-order valence-corrected chi connectivity index (χ1v) is 2.98. The number of esters is 1. The zero-order chi connectivity index (χ0) is 7.56. The van der Waals surface area contributed by atoms with Gasteiger partial charge < -0.3 is 9.84 Å². The number of hydrogen-bond donors (Lipinski definition) is 1. The lowest BCUT2D eigenvalue weighted by molar-refractivity contribution is -0.132. The van der Waals surface area contributed by atoms with E-state index < -0.39 is 6.10 Å². The van der Waals surface area contributed by atoms with Gasteiger partial charge in [0.05, 0.1) is 6.10 Å². The fourth-order valence-electron chi connectivity index (χ4n) is 0.662. The quantitative estimate of drug-likeness (QED) is 0.535. The van der Waals surface area contributed by atoms with E-state index in [0.29, 0.717) is 5.76 Å². The molecule has 0 aromatic heterocycles. The van der Waals surface area contributed by atoms with Crippen LogP contribution in [0.3, 0.4) is 0 Å². The number of carbonyl (C=O) groups is 1. The van der Waals surface area contributed by atoms with Crippen molar-refractivity contribution in [2.45, 2.75) is 13.0 Å². The highest BCUT2D eigenvalue weighted by molar-refractivity contribution is 5.86. The molecular weight excluding hydrogens is 132 g/mol. The summed E-state index contributed by atoms with van der Waals surface area (Å²) < 4.78 is 4.62. The van der Waals surface area contributed by atoms with E-state index in [1.807, 2.05) is 0 Å². The summed E-state index contributed by atoms with van der Waals surface area (Å²) in [6, 6.07) is 0. The predicted molar refractivity (Wildman–Crippen MR) is 35.0 cm³/mol. The van der Waals surface area contributed by atoms with E-state index in [9.17, 15) is 4.79 Å². The van der Waals surface area contributed by atoms with E-state index in [1.165, 1.54) is 18.2 Å². The molecule has 0 spiro atoms. The molecule has 0 bridgehead atoms. The normalized spacial score (nSPS) is 23.4. The van der Waals surface area contributed by atoms with Gasteiger partial charge in [-0.3, -0.25) is 0 Å². The maximum Gasteiger partial charge on any atom is 0.336 e. The van der Waals surface area contributed by atoms with E-state index in [4.69, 9.17) is 5.11 Å². The monoisotopic (exact) mass is 140 g/mol. The molecule has 3 heteroatoms. The first-order chi connectivity index (χ1) is 4.68. The topological polar surface area (TPSA) is 46.5 Å². The molecule has 0 radical (unpaired) electrons. The number of rotatable bonds is 1. The highest BCUT2D eigenvalue weighted by Gasteiger charge is 2.08. The summed E-state index contributed by atoms with van der Waals surface area (Å²) in [7, 11) is 0. The molecule has 0 aromatic carbocycles. The molecule has 3 nitrogen and oxygen atoms in total. The van der Waals surface area contributed by atoms with Gasteiger partial charge in [0.15, 0.2) is 0 Å². The maximum absolute atomic E-state index is 10.4. The number of carbonyl (C=O) groups excluding carboxylic acids is 1. The smallest absolute Gasteiger partial charge is 0.336 e. The standard InChI is InChI=1S/C7H8O3/c1-5(8)4-6-2-3-7(9)10-6/h2-5,8H,1H3/b6-4+. The molecule has 0 amide bonds. The number of allylic oxidation sites excluding steroid dienone is 1. The van der Waals surface area contributed by atoms with E-state index in [1.54, 1.807) is 6.92 Å². The minimum absolute atomic E-state index is 0.383. The van der Waals surface area contributed by atoms with Gasteiger partial charge in [-0.15, -0.1) is 0 Å². The lowest BCUT2D eigenvalue weighted by Gasteiger charge is -1.96. The van der Waals surface area contributed by atoms with Gasteiger partial charge in [-0.25, -0.2) is 4.79 Å². The third kappa shape index (κ3) is 1.70. The molecular formula is C7H8O3. The van der Waals surface area contributed by atoms with Gasteiger partial charge in [0, 0.05) is 6.08 Å².